The van der Waals surface area contributed by atoms with Crippen LogP contribution in [-0.2, 0) is 5.75 Å². The van der Waals surface area contributed by atoms with Gasteiger partial charge in [0, 0.05) is 16.7 Å². The van der Waals surface area contributed by atoms with E-state index in [1.54, 1.807) is 23.9 Å². The fraction of sp³-hybridized carbons (Fsp3) is 0.0667. The lowest BCUT2D eigenvalue weighted by Gasteiger charge is -1.99. The van der Waals surface area contributed by atoms with Gasteiger partial charge in [0.25, 0.3) is 0 Å². The number of phenolic OH excluding ortho intramolecular Hbond substituents is 1. The molecule has 0 atom stereocenters. The van der Waals surface area contributed by atoms with Crippen LogP contribution >= 0.6 is 11.8 Å². The SMILES string of the molecule is Oc1ccc(CSc2cc3ccccc3[nH]2)cc1. The van der Waals surface area contributed by atoms with Crippen molar-refractivity contribution in [3.05, 3.63) is 60.2 Å². The summed E-state index contributed by atoms with van der Waals surface area (Å²) in [5.41, 5.74) is 2.38. The Kier molecular flexibility index (Phi) is 2.99. The molecule has 0 unspecified atom stereocenters. The molecule has 1 aromatic heterocycles. The number of rotatable bonds is 3. The summed E-state index contributed by atoms with van der Waals surface area (Å²) in [6, 6.07) is 17.8. The van der Waals surface area contributed by atoms with Crippen LogP contribution < -0.4 is 0 Å². The van der Waals surface area contributed by atoms with Gasteiger partial charge in [0.2, 0.25) is 0 Å². The second-order valence-corrected chi connectivity index (χ2v) is 5.19. The number of benzene rings is 2. The molecule has 3 aromatic rings. The monoisotopic (exact) mass is 255 g/mol. The molecule has 0 aliphatic heterocycles. The highest BCUT2D eigenvalue weighted by Crippen LogP contribution is 2.26. The van der Waals surface area contributed by atoms with Crippen molar-refractivity contribution >= 4 is 22.7 Å². The normalized spacial score (nSPS) is 10.9. The number of hydrogen-bond donors (Lipinski definition) is 2. The average Bonchev–Trinajstić information content (AvgIpc) is 2.81. The Balaban J connectivity index is 1.74. The number of aromatic hydroxyl groups is 1. The maximum Gasteiger partial charge on any atom is 0.115 e. The largest absolute Gasteiger partial charge is 0.508 e. The van der Waals surface area contributed by atoms with E-state index in [-0.39, 0.29) is 0 Å². The summed E-state index contributed by atoms with van der Waals surface area (Å²) < 4.78 is 0. The zero-order chi connectivity index (χ0) is 12.4. The number of fused-ring (bicyclic) bond motifs is 1. The minimum absolute atomic E-state index is 0.314. The number of para-hydroxylation sites is 1. The second kappa shape index (κ2) is 4.78. The molecule has 0 amide bonds. The van der Waals surface area contributed by atoms with Gasteiger partial charge in [-0.2, -0.15) is 0 Å². The maximum atomic E-state index is 9.22. The van der Waals surface area contributed by atoms with Crippen molar-refractivity contribution < 1.29 is 5.11 Å². The van der Waals surface area contributed by atoms with Gasteiger partial charge >= 0.3 is 0 Å². The number of thioether (sulfide) groups is 1. The van der Waals surface area contributed by atoms with Gasteiger partial charge in [0.15, 0.2) is 0 Å². The molecule has 1 heterocycles. The predicted octanol–water partition coefficient (Wildman–Crippen LogP) is 4.17. The lowest BCUT2D eigenvalue weighted by Crippen LogP contribution is -1.79. The van der Waals surface area contributed by atoms with Crippen LogP contribution in [0.1, 0.15) is 5.56 Å². The van der Waals surface area contributed by atoms with Crippen molar-refractivity contribution in [1.29, 1.82) is 0 Å². The average molecular weight is 255 g/mol. The van der Waals surface area contributed by atoms with Crippen LogP contribution in [-0.4, -0.2) is 10.1 Å². The van der Waals surface area contributed by atoms with E-state index in [9.17, 15) is 5.11 Å². The van der Waals surface area contributed by atoms with E-state index in [0.717, 1.165) is 5.75 Å². The zero-order valence-electron chi connectivity index (χ0n) is 9.76. The third-order valence-corrected chi connectivity index (χ3v) is 3.84. The standard InChI is InChI=1S/C15H13NOS/c17-13-7-5-11(6-8-13)10-18-15-9-12-3-1-2-4-14(12)16-15/h1-9,16-17H,10H2. The Morgan fingerprint density at radius 3 is 2.56 bits per heavy atom. The summed E-state index contributed by atoms with van der Waals surface area (Å²) in [7, 11) is 0. The van der Waals surface area contributed by atoms with Crippen molar-refractivity contribution in [1.82, 2.24) is 4.98 Å². The van der Waals surface area contributed by atoms with Crippen molar-refractivity contribution in [3.63, 3.8) is 0 Å². The smallest absolute Gasteiger partial charge is 0.115 e. The van der Waals surface area contributed by atoms with Crippen molar-refractivity contribution in [2.75, 3.05) is 0 Å². The predicted molar refractivity (Wildman–Crippen MR) is 76.0 cm³/mol. The molecule has 2 aromatic carbocycles. The van der Waals surface area contributed by atoms with E-state index in [1.165, 1.54) is 21.5 Å². The van der Waals surface area contributed by atoms with E-state index in [2.05, 4.69) is 23.2 Å². The fourth-order valence-corrected chi connectivity index (χ4v) is 2.78. The molecule has 0 spiro atoms. The minimum atomic E-state index is 0.314. The van der Waals surface area contributed by atoms with Crippen LogP contribution in [0.4, 0.5) is 0 Å². The van der Waals surface area contributed by atoms with E-state index in [4.69, 9.17) is 0 Å². The van der Waals surface area contributed by atoms with Crippen LogP contribution in [0.5, 0.6) is 5.75 Å². The molecular weight excluding hydrogens is 242 g/mol. The Morgan fingerprint density at radius 1 is 1.00 bits per heavy atom. The molecule has 0 aliphatic rings. The van der Waals surface area contributed by atoms with Gasteiger partial charge in [-0.1, -0.05) is 30.3 Å². The maximum absolute atomic E-state index is 9.22. The molecule has 3 rings (SSSR count). The third kappa shape index (κ3) is 2.36. The highest BCUT2D eigenvalue weighted by Gasteiger charge is 2.01. The molecule has 2 N–H and O–H groups in total. The summed E-state index contributed by atoms with van der Waals surface area (Å²) in [6.07, 6.45) is 0. The molecule has 0 saturated heterocycles. The molecule has 0 aliphatic carbocycles. The zero-order valence-corrected chi connectivity index (χ0v) is 10.6. The van der Waals surface area contributed by atoms with Crippen LogP contribution in [0.15, 0.2) is 59.6 Å². The van der Waals surface area contributed by atoms with Crippen LogP contribution in [0.25, 0.3) is 10.9 Å². The quantitative estimate of drug-likeness (QED) is 0.689. The number of hydrogen-bond acceptors (Lipinski definition) is 2. The number of aromatic amines is 1. The summed E-state index contributed by atoms with van der Waals surface area (Å²) in [5, 5.41) is 11.6. The Hall–Kier alpha value is -1.87. The first-order valence-electron chi connectivity index (χ1n) is 5.80. The van der Waals surface area contributed by atoms with E-state index >= 15 is 0 Å². The Labute approximate surface area is 110 Å². The van der Waals surface area contributed by atoms with Gasteiger partial charge in [0.05, 0.1) is 5.03 Å². The van der Waals surface area contributed by atoms with Crippen molar-refractivity contribution in [2.45, 2.75) is 10.8 Å². The Bertz CT molecular complexity index is 625. The van der Waals surface area contributed by atoms with Crippen LogP contribution in [0.2, 0.25) is 0 Å². The van der Waals surface area contributed by atoms with Gasteiger partial charge in [-0.05, 0) is 29.8 Å². The third-order valence-electron chi connectivity index (χ3n) is 2.84. The van der Waals surface area contributed by atoms with Crippen molar-refractivity contribution in [3.8, 4) is 5.75 Å². The number of nitrogens with one attached hydrogen (secondary N) is 1. The highest BCUT2D eigenvalue weighted by atomic mass is 32.2. The molecule has 0 radical (unpaired) electrons. The minimum Gasteiger partial charge on any atom is -0.508 e. The summed E-state index contributed by atoms with van der Waals surface area (Å²) in [5.74, 6) is 1.21. The molecule has 0 fully saturated rings. The molecule has 2 nitrogen and oxygen atoms in total. The topological polar surface area (TPSA) is 36.0 Å². The van der Waals surface area contributed by atoms with Gasteiger partial charge in [-0.3, -0.25) is 0 Å². The summed E-state index contributed by atoms with van der Waals surface area (Å²) in [4.78, 5) is 3.39. The Morgan fingerprint density at radius 2 is 1.78 bits per heavy atom. The van der Waals surface area contributed by atoms with Gasteiger partial charge < -0.3 is 10.1 Å². The molecule has 90 valence electrons. The highest BCUT2D eigenvalue weighted by molar-refractivity contribution is 7.98. The number of aromatic nitrogens is 1. The number of phenols is 1. The molecular formula is C15H13NOS. The van der Waals surface area contributed by atoms with Gasteiger partial charge in [-0.25, -0.2) is 0 Å². The van der Waals surface area contributed by atoms with E-state index in [1.807, 2.05) is 24.3 Å². The summed E-state index contributed by atoms with van der Waals surface area (Å²) >= 11 is 1.77. The first kappa shape index (κ1) is 11.2. The van der Waals surface area contributed by atoms with Gasteiger partial charge in [0.1, 0.15) is 5.75 Å². The van der Waals surface area contributed by atoms with Crippen LogP contribution in [0.3, 0.4) is 0 Å². The first-order chi connectivity index (χ1) is 8.81. The van der Waals surface area contributed by atoms with Crippen LogP contribution in [0, 0.1) is 0 Å². The van der Waals surface area contributed by atoms with E-state index < -0.39 is 0 Å². The van der Waals surface area contributed by atoms with Gasteiger partial charge in [-0.15, -0.1) is 11.8 Å². The van der Waals surface area contributed by atoms with Crippen molar-refractivity contribution in [2.24, 2.45) is 0 Å². The second-order valence-electron chi connectivity index (χ2n) is 4.18. The summed E-state index contributed by atoms with van der Waals surface area (Å²) in [6.45, 7) is 0. The molecule has 0 bridgehead atoms. The molecule has 18 heavy (non-hydrogen) atoms. The lowest BCUT2D eigenvalue weighted by atomic mass is 10.2. The lowest BCUT2D eigenvalue weighted by molar-refractivity contribution is 0.475. The van der Waals surface area contributed by atoms with E-state index in [0.29, 0.717) is 5.75 Å². The molecule has 0 saturated carbocycles. The number of H-pyrrole nitrogens is 1. The fourth-order valence-electron chi connectivity index (χ4n) is 1.88. The first-order valence-corrected chi connectivity index (χ1v) is 6.78. The molecule has 3 heteroatoms.